The standard InChI is InChI=1S/C14H19BrN2O/c15-12-6-16-17(7-12)9-13-2-10-1-11(3-13)5-14(18,4-10)8-13/h6-7,10-11,18H,1-5,8-9H2. The summed E-state index contributed by atoms with van der Waals surface area (Å²) in [6, 6.07) is 0. The monoisotopic (exact) mass is 310 g/mol. The first-order valence-corrected chi connectivity index (χ1v) is 7.74. The van der Waals surface area contributed by atoms with E-state index in [1.54, 1.807) is 0 Å². The van der Waals surface area contributed by atoms with Gasteiger partial charge in [0, 0.05) is 12.7 Å². The first-order valence-electron chi connectivity index (χ1n) is 6.95. The molecule has 0 aromatic carbocycles. The number of hydrogen-bond donors (Lipinski definition) is 1. The average molecular weight is 311 g/mol. The summed E-state index contributed by atoms with van der Waals surface area (Å²) in [5.74, 6) is 1.52. The second-order valence-corrected chi connectivity index (χ2v) is 7.96. The van der Waals surface area contributed by atoms with Gasteiger partial charge in [-0.1, -0.05) is 0 Å². The number of aromatic nitrogens is 2. The van der Waals surface area contributed by atoms with Gasteiger partial charge >= 0.3 is 0 Å². The van der Waals surface area contributed by atoms with Crippen LogP contribution in [0.25, 0.3) is 0 Å². The normalized spacial score (nSPS) is 45.7. The zero-order chi connectivity index (χ0) is 12.4. The fourth-order valence-corrected chi connectivity index (χ4v) is 5.68. The maximum atomic E-state index is 10.7. The van der Waals surface area contributed by atoms with E-state index >= 15 is 0 Å². The van der Waals surface area contributed by atoms with Crippen LogP contribution >= 0.6 is 15.9 Å². The van der Waals surface area contributed by atoms with Gasteiger partial charge in [-0.3, -0.25) is 4.68 Å². The van der Waals surface area contributed by atoms with Crippen LogP contribution in [0.2, 0.25) is 0 Å². The number of aliphatic hydroxyl groups is 1. The number of rotatable bonds is 2. The van der Waals surface area contributed by atoms with Crippen molar-refractivity contribution in [3.8, 4) is 0 Å². The first kappa shape index (κ1) is 11.5. The lowest BCUT2D eigenvalue weighted by atomic mass is 9.48. The van der Waals surface area contributed by atoms with E-state index in [1.807, 2.05) is 6.20 Å². The Labute approximate surface area is 116 Å². The van der Waals surface area contributed by atoms with Crippen molar-refractivity contribution in [1.82, 2.24) is 9.78 Å². The van der Waals surface area contributed by atoms with Gasteiger partial charge in [-0.15, -0.1) is 0 Å². The Bertz CT molecular complexity index is 470. The minimum absolute atomic E-state index is 0.310. The maximum Gasteiger partial charge on any atom is 0.0659 e. The van der Waals surface area contributed by atoms with Crippen LogP contribution in [0.1, 0.15) is 38.5 Å². The Morgan fingerprint density at radius 1 is 1.33 bits per heavy atom. The molecule has 4 fully saturated rings. The molecule has 4 bridgehead atoms. The van der Waals surface area contributed by atoms with Gasteiger partial charge < -0.3 is 5.11 Å². The van der Waals surface area contributed by atoms with E-state index in [4.69, 9.17) is 0 Å². The Morgan fingerprint density at radius 2 is 2.06 bits per heavy atom. The molecule has 0 aliphatic heterocycles. The van der Waals surface area contributed by atoms with Crippen molar-refractivity contribution < 1.29 is 5.11 Å². The average Bonchev–Trinajstić information content (AvgIpc) is 2.58. The van der Waals surface area contributed by atoms with Crippen LogP contribution in [0, 0.1) is 17.3 Å². The molecule has 4 saturated carbocycles. The summed E-state index contributed by atoms with van der Waals surface area (Å²) in [6.07, 6.45) is 10.9. The van der Waals surface area contributed by atoms with Crippen LogP contribution in [0.4, 0.5) is 0 Å². The summed E-state index contributed by atoms with van der Waals surface area (Å²) in [7, 11) is 0. The lowest BCUT2D eigenvalue weighted by Crippen LogP contribution is -2.56. The van der Waals surface area contributed by atoms with E-state index in [2.05, 4.69) is 31.9 Å². The number of halogens is 1. The van der Waals surface area contributed by atoms with Crippen LogP contribution < -0.4 is 0 Å². The van der Waals surface area contributed by atoms with Crippen LogP contribution in [0.15, 0.2) is 16.9 Å². The van der Waals surface area contributed by atoms with E-state index in [1.165, 1.54) is 19.3 Å². The molecule has 3 nitrogen and oxygen atoms in total. The molecule has 0 spiro atoms. The van der Waals surface area contributed by atoms with Gasteiger partial charge in [-0.2, -0.15) is 5.10 Å². The molecule has 2 atom stereocenters. The Balaban J connectivity index is 1.63. The van der Waals surface area contributed by atoms with Crippen molar-refractivity contribution in [1.29, 1.82) is 0 Å². The lowest BCUT2D eigenvalue weighted by molar-refractivity contribution is -0.168. The molecule has 1 aromatic rings. The van der Waals surface area contributed by atoms with Gasteiger partial charge in [0.1, 0.15) is 0 Å². The summed E-state index contributed by atoms with van der Waals surface area (Å²) < 4.78 is 3.10. The molecule has 4 heteroatoms. The van der Waals surface area contributed by atoms with E-state index in [-0.39, 0.29) is 5.60 Å². The van der Waals surface area contributed by atoms with Gasteiger partial charge in [0.05, 0.1) is 16.3 Å². The van der Waals surface area contributed by atoms with E-state index in [0.717, 1.165) is 42.1 Å². The van der Waals surface area contributed by atoms with Gasteiger partial charge in [-0.25, -0.2) is 0 Å². The summed E-state index contributed by atoms with van der Waals surface area (Å²) in [6.45, 7) is 0.980. The maximum absolute atomic E-state index is 10.7. The summed E-state index contributed by atoms with van der Waals surface area (Å²) >= 11 is 3.46. The van der Waals surface area contributed by atoms with Gasteiger partial charge in [-0.05, 0) is 71.7 Å². The zero-order valence-electron chi connectivity index (χ0n) is 10.5. The molecule has 4 aliphatic rings. The molecule has 5 rings (SSSR count). The largest absolute Gasteiger partial charge is 0.390 e. The second kappa shape index (κ2) is 3.60. The fraction of sp³-hybridized carbons (Fsp3) is 0.786. The Morgan fingerprint density at radius 3 is 2.61 bits per heavy atom. The van der Waals surface area contributed by atoms with Gasteiger partial charge in [0.2, 0.25) is 0 Å². The Hall–Kier alpha value is -0.350. The third-order valence-corrected chi connectivity index (χ3v) is 5.66. The third kappa shape index (κ3) is 1.76. The molecule has 2 unspecified atom stereocenters. The molecule has 0 amide bonds. The zero-order valence-corrected chi connectivity index (χ0v) is 12.1. The van der Waals surface area contributed by atoms with Crippen LogP contribution in [0.3, 0.4) is 0 Å². The summed E-state index contributed by atoms with van der Waals surface area (Å²) in [4.78, 5) is 0. The van der Waals surface area contributed by atoms with Crippen molar-refractivity contribution in [3.63, 3.8) is 0 Å². The second-order valence-electron chi connectivity index (χ2n) is 7.04. The first-order chi connectivity index (χ1) is 8.54. The van der Waals surface area contributed by atoms with Crippen molar-refractivity contribution in [2.75, 3.05) is 0 Å². The van der Waals surface area contributed by atoms with Crippen LogP contribution in [-0.2, 0) is 6.54 Å². The highest BCUT2D eigenvalue weighted by atomic mass is 79.9. The lowest BCUT2D eigenvalue weighted by Gasteiger charge is -2.60. The predicted octanol–water partition coefficient (Wildman–Crippen LogP) is 2.98. The molecule has 98 valence electrons. The van der Waals surface area contributed by atoms with Crippen molar-refractivity contribution >= 4 is 15.9 Å². The van der Waals surface area contributed by atoms with Crippen molar-refractivity contribution in [2.45, 2.75) is 50.7 Å². The molecule has 18 heavy (non-hydrogen) atoms. The molecule has 1 N–H and O–H groups in total. The smallest absolute Gasteiger partial charge is 0.0659 e. The molecule has 1 heterocycles. The third-order valence-electron chi connectivity index (χ3n) is 5.25. The highest BCUT2D eigenvalue weighted by Gasteiger charge is 2.57. The molecular formula is C14H19BrN2O. The summed E-state index contributed by atoms with van der Waals surface area (Å²) in [5.41, 5.74) is -0.0429. The molecule has 0 radical (unpaired) electrons. The van der Waals surface area contributed by atoms with Gasteiger partial charge in [0.15, 0.2) is 0 Å². The van der Waals surface area contributed by atoms with Crippen LogP contribution in [-0.4, -0.2) is 20.5 Å². The Kier molecular flexibility index (Phi) is 2.30. The van der Waals surface area contributed by atoms with Crippen molar-refractivity contribution in [3.05, 3.63) is 16.9 Å². The number of hydrogen-bond acceptors (Lipinski definition) is 2. The van der Waals surface area contributed by atoms with E-state index < -0.39 is 0 Å². The minimum Gasteiger partial charge on any atom is -0.390 e. The fourth-order valence-electron chi connectivity index (χ4n) is 5.36. The van der Waals surface area contributed by atoms with E-state index in [9.17, 15) is 5.11 Å². The quantitative estimate of drug-likeness (QED) is 0.912. The molecule has 0 saturated heterocycles. The summed E-state index contributed by atoms with van der Waals surface area (Å²) in [5, 5.41) is 15.1. The highest BCUT2D eigenvalue weighted by Crippen LogP contribution is 2.62. The molecular weight excluding hydrogens is 292 g/mol. The SMILES string of the molecule is OC12CC3CC(C1)CC(Cn1cc(Br)cn1)(C3)C2. The molecule has 4 aliphatic carbocycles. The molecule has 1 aromatic heterocycles. The topological polar surface area (TPSA) is 38.0 Å². The minimum atomic E-state index is -0.353. The number of nitrogens with zero attached hydrogens (tertiary/aromatic N) is 2. The van der Waals surface area contributed by atoms with Gasteiger partial charge in [0.25, 0.3) is 0 Å². The highest BCUT2D eigenvalue weighted by molar-refractivity contribution is 9.10. The van der Waals surface area contributed by atoms with E-state index in [0.29, 0.717) is 5.41 Å². The van der Waals surface area contributed by atoms with Crippen LogP contribution in [0.5, 0.6) is 0 Å². The predicted molar refractivity (Wildman–Crippen MR) is 72.0 cm³/mol. The van der Waals surface area contributed by atoms with Crippen molar-refractivity contribution in [2.24, 2.45) is 17.3 Å².